The Morgan fingerprint density at radius 1 is 1.18 bits per heavy atom. The highest BCUT2D eigenvalue weighted by atomic mass is 35.5. The molecule has 1 N–H and O–H groups in total. The first-order valence-electron chi connectivity index (χ1n) is 12.5. The van der Waals surface area contributed by atoms with Crippen LogP contribution in [0.15, 0.2) is 30.3 Å². The molecule has 0 spiro atoms. The van der Waals surface area contributed by atoms with Crippen LogP contribution in [0, 0.1) is 18.7 Å². The SMILES string of the molecule is Cc1cc(C(F)(F)F)cc(N2C[C@@H](C(=O)NCC(=O)N3CCOCC3)C[C@H]2C(=O)N(C)c2ccc(F)c(Cl)c2)n1. The van der Waals surface area contributed by atoms with E-state index < -0.39 is 41.3 Å². The highest BCUT2D eigenvalue weighted by Gasteiger charge is 2.43. The van der Waals surface area contributed by atoms with E-state index in [4.69, 9.17) is 16.3 Å². The highest BCUT2D eigenvalue weighted by molar-refractivity contribution is 6.31. The number of carbonyl (C=O) groups is 3. The van der Waals surface area contributed by atoms with Crippen molar-refractivity contribution in [2.24, 2.45) is 5.92 Å². The number of carbonyl (C=O) groups excluding carboxylic acids is 3. The lowest BCUT2D eigenvalue weighted by Gasteiger charge is -2.29. The molecule has 2 atom stereocenters. The van der Waals surface area contributed by atoms with Crippen molar-refractivity contribution in [1.82, 2.24) is 15.2 Å². The van der Waals surface area contributed by atoms with Gasteiger partial charge < -0.3 is 24.8 Å². The first-order chi connectivity index (χ1) is 18.8. The van der Waals surface area contributed by atoms with Gasteiger partial charge in [-0.05, 0) is 43.7 Å². The number of amides is 3. The molecule has 0 radical (unpaired) electrons. The maximum Gasteiger partial charge on any atom is 0.416 e. The summed E-state index contributed by atoms with van der Waals surface area (Å²) in [6.45, 7) is 2.64. The van der Waals surface area contributed by atoms with Crippen LogP contribution in [0.25, 0.3) is 0 Å². The fourth-order valence-corrected chi connectivity index (χ4v) is 4.93. The fraction of sp³-hybridized carbons (Fsp3) is 0.462. The number of morpholine rings is 1. The molecule has 2 fully saturated rings. The van der Waals surface area contributed by atoms with Crippen molar-refractivity contribution in [3.05, 3.63) is 52.4 Å². The van der Waals surface area contributed by atoms with E-state index in [1.807, 2.05) is 0 Å². The zero-order valence-electron chi connectivity index (χ0n) is 21.8. The van der Waals surface area contributed by atoms with Gasteiger partial charge >= 0.3 is 6.18 Å². The molecule has 4 rings (SSSR count). The number of alkyl halides is 3. The number of aromatic nitrogens is 1. The van der Waals surface area contributed by atoms with Crippen LogP contribution in [0.2, 0.25) is 5.02 Å². The van der Waals surface area contributed by atoms with Gasteiger partial charge in [-0.2, -0.15) is 13.2 Å². The molecule has 2 aliphatic rings. The number of pyridine rings is 1. The molecule has 2 aliphatic heterocycles. The average Bonchev–Trinajstić information content (AvgIpc) is 3.37. The maximum absolute atomic E-state index is 13.7. The zero-order chi connectivity index (χ0) is 29.2. The van der Waals surface area contributed by atoms with Crippen LogP contribution >= 0.6 is 11.6 Å². The molecule has 1 aromatic heterocycles. The summed E-state index contributed by atoms with van der Waals surface area (Å²) in [5, 5.41) is 2.38. The number of nitrogens with one attached hydrogen (secondary N) is 1. The summed E-state index contributed by atoms with van der Waals surface area (Å²) in [6.07, 6.45) is -4.70. The van der Waals surface area contributed by atoms with Gasteiger partial charge in [-0.15, -0.1) is 0 Å². The first-order valence-corrected chi connectivity index (χ1v) is 12.9. The Kier molecular flexibility index (Phi) is 8.83. The number of hydrogen-bond acceptors (Lipinski definition) is 6. The van der Waals surface area contributed by atoms with Crippen LogP contribution < -0.4 is 15.1 Å². The molecule has 2 aromatic rings. The van der Waals surface area contributed by atoms with E-state index >= 15 is 0 Å². The smallest absolute Gasteiger partial charge is 0.378 e. The Labute approximate surface area is 233 Å². The van der Waals surface area contributed by atoms with Crippen molar-refractivity contribution in [2.45, 2.75) is 25.6 Å². The minimum Gasteiger partial charge on any atom is -0.378 e. The highest BCUT2D eigenvalue weighted by Crippen LogP contribution is 2.35. The molecule has 14 heteroatoms. The van der Waals surface area contributed by atoms with Crippen LogP contribution in [0.1, 0.15) is 17.7 Å². The summed E-state index contributed by atoms with van der Waals surface area (Å²) < 4.78 is 59.6. The number of aryl methyl sites for hydroxylation is 1. The van der Waals surface area contributed by atoms with Gasteiger partial charge in [0, 0.05) is 38.1 Å². The van der Waals surface area contributed by atoms with Crippen molar-refractivity contribution >= 4 is 40.8 Å². The summed E-state index contributed by atoms with van der Waals surface area (Å²) in [7, 11) is 1.42. The Morgan fingerprint density at radius 3 is 2.52 bits per heavy atom. The van der Waals surface area contributed by atoms with E-state index in [1.165, 1.54) is 35.9 Å². The van der Waals surface area contributed by atoms with Crippen LogP contribution in [-0.2, 0) is 25.3 Å². The molecule has 0 saturated carbocycles. The number of halogens is 5. The quantitative estimate of drug-likeness (QED) is 0.524. The first kappa shape index (κ1) is 29.5. The number of anilines is 2. The van der Waals surface area contributed by atoms with Gasteiger partial charge in [0.1, 0.15) is 17.7 Å². The van der Waals surface area contributed by atoms with Crippen LogP contribution in [-0.4, -0.2) is 80.1 Å². The van der Waals surface area contributed by atoms with Crippen molar-refractivity contribution in [1.29, 1.82) is 0 Å². The molecule has 2 saturated heterocycles. The predicted molar refractivity (Wildman–Crippen MR) is 138 cm³/mol. The maximum atomic E-state index is 13.7. The summed E-state index contributed by atoms with van der Waals surface area (Å²) in [6, 6.07) is 4.34. The van der Waals surface area contributed by atoms with E-state index in [0.29, 0.717) is 26.3 Å². The lowest BCUT2D eigenvalue weighted by Crippen LogP contribution is -2.46. The van der Waals surface area contributed by atoms with Crippen LogP contribution in [0.4, 0.5) is 29.1 Å². The molecule has 40 heavy (non-hydrogen) atoms. The molecule has 0 bridgehead atoms. The molecule has 216 valence electrons. The molecular formula is C26H28ClF4N5O4. The Bertz CT molecular complexity index is 1290. The predicted octanol–water partition coefficient (Wildman–Crippen LogP) is 3.03. The van der Waals surface area contributed by atoms with Crippen molar-refractivity contribution < 1.29 is 36.7 Å². The Hall–Kier alpha value is -3.45. The number of likely N-dealkylation sites (N-methyl/N-ethyl adjacent to an activating group) is 1. The molecule has 9 nitrogen and oxygen atoms in total. The average molecular weight is 586 g/mol. The number of nitrogens with zero attached hydrogens (tertiary/aromatic N) is 4. The summed E-state index contributed by atoms with van der Waals surface area (Å²) in [4.78, 5) is 47.5. The number of hydrogen-bond donors (Lipinski definition) is 1. The number of ether oxygens (including phenoxy) is 1. The van der Waals surface area contributed by atoms with Crippen LogP contribution in [0.5, 0.6) is 0 Å². The summed E-state index contributed by atoms with van der Waals surface area (Å²) >= 11 is 5.87. The number of benzene rings is 1. The molecule has 1 aromatic carbocycles. The van der Waals surface area contributed by atoms with E-state index in [0.717, 1.165) is 18.2 Å². The van der Waals surface area contributed by atoms with Crippen molar-refractivity contribution in [2.75, 3.05) is 56.2 Å². The topological polar surface area (TPSA) is 95.1 Å². The minimum absolute atomic E-state index is 0.0490. The van der Waals surface area contributed by atoms with Gasteiger partial charge in [-0.3, -0.25) is 14.4 Å². The molecule has 0 unspecified atom stereocenters. The largest absolute Gasteiger partial charge is 0.416 e. The van der Waals surface area contributed by atoms with E-state index in [2.05, 4.69) is 10.3 Å². The lowest BCUT2D eigenvalue weighted by atomic mass is 10.0. The molecule has 0 aliphatic carbocycles. The third kappa shape index (κ3) is 6.64. The van der Waals surface area contributed by atoms with E-state index in [9.17, 15) is 31.9 Å². The normalized spacial score (nSPS) is 19.5. The zero-order valence-corrected chi connectivity index (χ0v) is 22.6. The third-order valence-corrected chi connectivity index (χ3v) is 7.21. The molecule has 3 amide bonds. The molecule has 3 heterocycles. The van der Waals surface area contributed by atoms with Crippen molar-refractivity contribution in [3.8, 4) is 0 Å². The second-order valence-corrected chi connectivity index (χ2v) is 10.1. The summed E-state index contributed by atoms with van der Waals surface area (Å²) in [5.74, 6) is -2.98. The molecular weight excluding hydrogens is 558 g/mol. The standard InChI is InChI=1S/C26H28ClF4N5O4/c1-15-9-17(26(29,30)31)11-22(33-15)36-14-16(24(38)32-13-23(37)35-5-7-40-8-6-35)10-21(36)25(39)34(2)18-3-4-20(28)19(27)12-18/h3-4,9,11-12,16,21H,5-8,10,13-14H2,1-2H3,(H,32,38)/t16-,21-/m0/s1. The van der Waals surface area contributed by atoms with Gasteiger partial charge in [-0.25, -0.2) is 9.37 Å². The Balaban J connectivity index is 1.58. The van der Waals surface area contributed by atoms with E-state index in [1.54, 1.807) is 4.90 Å². The minimum atomic E-state index is -4.65. The van der Waals surface area contributed by atoms with Crippen molar-refractivity contribution in [3.63, 3.8) is 0 Å². The van der Waals surface area contributed by atoms with Gasteiger partial charge in [0.05, 0.1) is 36.3 Å². The van der Waals surface area contributed by atoms with E-state index in [-0.39, 0.29) is 47.6 Å². The number of rotatable bonds is 6. The monoisotopic (exact) mass is 585 g/mol. The lowest BCUT2D eigenvalue weighted by molar-refractivity contribution is -0.137. The third-order valence-electron chi connectivity index (χ3n) is 6.92. The summed E-state index contributed by atoms with van der Waals surface area (Å²) in [5.41, 5.74) is -0.601. The Morgan fingerprint density at radius 2 is 1.88 bits per heavy atom. The van der Waals surface area contributed by atoms with Gasteiger partial charge in [0.15, 0.2) is 0 Å². The second-order valence-electron chi connectivity index (χ2n) is 9.66. The second kappa shape index (κ2) is 12.0. The fourth-order valence-electron chi connectivity index (χ4n) is 4.75. The van der Waals surface area contributed by atoms with Gasteiger partial charge in [0.25, 0.3) is 0 Å². The van der Waals surface area contributed by atoms with Gasteiger partial charge in [0.2, 0.25) is 17.7 Å². The van der Waals surface area contributed by atoms with Gasteiger partial charge in [-0.1, -0.05) is 11.6 Å². The van der Waals surface area contributed by atoms with Crippen LogP contribution in [0.3, 0.4) is 0 Å².